The molecule has 5 rings (SSSR count). The van der Waals surface area contributed by atoms with E-state index >= 15 is 0 Å². The normalized spacial score (nSPS) is 15.8. The van der Waals surface area contributed by atoms with Crippen molar-refractivity contribution >= 4 is 71.4 Å². The Labute approximate surface area is 258 Å². The van der Waals surface area contributed by atoms with Crippen LogP contribution < -0.4 is 20.7 Å². The van der Waals surface area contributed by atoms with E-state index in [0.717, 1.165) is 42.2 Å². The number of aryl methyl sites for hydroxylation is 1. The molecule has 0 bridgehead atoms. The van der Waals surface area contributed by atoms with Crippen LogP contribution in [0.4, 0.5) is 11.5 Å². The molecular formula is C29H34Cl3N7O2. The molecule has 1 aliphatic rings. The number of nitrogens with one attached hydrogen (secondary N) is 4. The number of fused-ring (bicyclic) bond motifs is 1. The van der Waals surface area contributed by atoms with Gasteiger partial charge >= 0.3 is 0 Å². The van der Waals surface area contributed by atoms with Crippen LogP contribution in [0.5, 0.6) is 5.75 Å². The molecule has 218 valence electrons. The van der Waals surface area contributed by atoms with Gasteiger partial charge in [0.05, 0.1) is 12.6 Å². The number of carbonyl (C=O) groups is 1. The summed E-state index contributed by atoms with van der Waals surface area (Å²) in [6.45, 7) is 2.02. The van der Waals surface area contributed by atoms with Crippen LogP contribution in [0, 0.1) is 12.3 Å². The van der Waals surface area contributed by atoms with E-state index in [-0.39, 0.29) is 55.1 Å². The minimum Gasteiger partial charge on any atom is -0.497 e. The maximum absolute atomic E-state index is 13.1. The third-order valence-corrected chi connectivity index (χ3v) is 6.79. The lowest BCUT2D eigenvalue weighted by Gasteiger charge is -2.34. The number of nitrogens with zero attached hydrogens (tertiary/aromatic N) is 3. The van der Waals surface area contributed by atoms with Gasteiger partial charge in [0.1, 0.15) is 17.4 Å². The minimum absolute atomic E-state index is 0. The van der Waals surface area contributed by atoms with E-state index in [1.165, 1.54) is 0 Å². The highest BCUT2D eigenvalue weighted by Gasteiger charge is 2.27. The number of amidine groups is 1. The van der Waals surface area contributed by atoms with E-state index in [2.05, 4.69) is 30.9 Å². The van der Waals surface area contributed by atoms with Crippen LogP contribution >= 0.6 is 37.2 Å². The largest absolute Gasteiger partial charge is 0.497 e. The Morgan fingerprint density at radius 2 is 1.61 bits per heavy atom. The fourth-order valence-electron chi connectivity index (χ4n) is 4.75. The molecule has 2 aromatic heterocycles. The topological polar surface area (TPSA) is 125 Å². The van der Waals surface area contributed by atoms with Crippen molar-refractivity contribution in [2.45, 2.75) is 44.7 Å². The first-order valence-electron chi connectivity index (χ1n) is 12.8. The van der Waals surface area contributed by atoms with Crippen molar-refractivity contribution in [3.05, 3.63) is 83.9 Å². The molecule has 1 aliphatic carbocycles. The molecule has 2 heterocycles. The summed E-state index contributed by atoms with van der Waals surface area (Å²) in [5, 5.41) is 19.3. The van der Waals surface area contributed by atoms with Crippen molar-refractivity contribution in [2.24, 2.45) is 0 Å². The number of pyridine rings is 1. The van der Waals surface area contributed by atoms with E-state index in [4.69, 9.17) is 10.1 Å². The van der Waals surface area contributed by atoms with Crippen molar-refractivity contribution < 1.29 is 9.53 Å². The van der Waals surface area contributed by atoms with Gasteiger partial charge in [-0.05, 0) is 68.3 Å². The first-order chi connectivity index (χ1) is 18.5. The van der Waals surface area contributed by atoms with Crippen LogP contribution in [0.25, 0.3) is 10.9 Å². The molecule has 4 aromatic rings. The van der Waals surface area contributed by atoms with Crippen LogP contribution in [-0.2, 0) is 0 Å². The van der Waals surface area contributed by atoms with Crippen molar-refractivity contribution in [3.8, 4) is 5.75 Å². The molecule has 12 heteroatoms. The Bertz CT molecular complexity index is 1460. The van der Waals surface area contributed by atoms with Gasteiger partial charge in [0.2, 0.25) is 5.82 Å². The highest BCUT2D eigenvalue weighted by molar-refractivity contribution is 6.04. The molecule has 41 heavy (non-hydrogen) atoms. The van der Waals surface area contributed by atoms with Gasteiger partial charge in [0.15, 0.2) is 0 Å². The summed E-state index contributed by atoms with van der Waals surface area (Å²) in [7, 11) is 1.60. The predicted octanol–water partition coefficient (Wildman–Crippen LogP) is 6.20. The Morgan fingerprint density at radius 3 is 2.29 bits per heavy atom. The molecule has 0 aliphatic heterocycles. The number of methoxy groups -OCH3 is 1. The molecule has 0 spiro atoms. The molecule has 1 saturated carbocycles. The number of amides is 1. The number of rotatable bonds is 7. The van der Waals surface area contributed by atoms with E-state index in [1.807, 2.05) is 37.3 Å². The van der Waals surface area contributed by atoms with Gasteiger partial charge in [-0.3, -0.25) is 15.2 Å². The van der Waals surface area contributed by atoms with Gasteiger partial charge in [0.25, 0.3) is 5.91 Å². The van der Waals surface area contributed by atoms with Gasteiger partial charge in [-0.1, -0.05) is 24.5 Å². The van der Waals surface area contributed by atoms with E-state index in [9.17, 15) is 4.79 Å². The van der Waals surface area contributed by atoms with E-state index in [0.29, 0.717) is 28.6 Å². The summed E-state index contributed by atoms with van der Waals surface area (Å²) >= 11 is 0. The first kappa shape index (κ1) is 33.5. The standard InChI is InChI=1S/C29H31N7O2.3ClH/c1-18-7-12-23-22(17-18)27(36-28(34-23)29(37)32-20-8-10-21(38-2)11-9-20)35-25-6-4-3-5-24(25)33-26(30)19-13-15-31-16-14-19;;;/h7-17,24-25H,3-6H2,1-2H3,(H2,30,33)(H,32,37)(H,34,35,36);3*1H/t24-,25+;;;/m1.../s1. The molecule has 9 nitrogen and oxygen atoms in total. The molecule has 4 N–H and O–H groups in total. The van der Waals surface area contributed by atoms with Gasteiger partial charge < -0.3 is 20.7 Å². The first-order valence-corrected chi connectivity index (χ1v) is 12.8. The SMILES string of the molecule is COc1ccc(NC(=O)c2nc(N[C@H]3CCCC[C@H]3NC(=N)c3ccncc3)c3cc(C)ccc3n2)cc1.Cl.Cl.Cl. The monoisotopic (exact) mass is 617 g/mol. The number of hydrogen-bond donors (Lipinski definition) is 4. The highest BCUT2D eigenvalue weighted by Crippen LogP contribution is 2.27. The number of ether oxygens (including phenoxy) is 1. The molecule has 2 atom stereocenters. The zero-order valence-electron chi connectivity index (χ0n) is 22.7. The summed E-state index contributed by atoms with van der Waals surface area (Å²) in [5.74, 6) is 1.39. The number of benzene rings is 2. The number of halogens is 3. The molecule has 0 saturated heterocycles. The van der Waals surface area contributed by atoms with Crippen LogP contribution in [0.1, 0.15) is 47.4 Å². The zero-order valence-corrected chi connectivity index (χ0v) is 25.2. The minimum atomic E-state index is -0.390. The lowest BCUT2D eigenvalue weighted by Crippen LogP contribution is -2.48. The van der Waals surface area contributed by atoms with Gasteiger partial charge in [-0.2, -0.15) is 0 Å². The van der Waals surface area contributed by atoms with Crippen molar-refractivity contribution in [3.63, 3.8) is 0 Å². The summed E-state index contributed by atoms with van der Waals surface area (Å²) in [5.41, 5.74) is 3.20. The Kier molecular flexibility index (Phi) is 12.6. The van der Waals surface area contributed by atoms with E-state index < -0.39 is 5.91 Å². The molecule has 2 aromatic carbocycles. The second-order valence-corrected chi connectivity index (χ2v) is 9.50. The number of carbonyl (C=O) groups excluding carboxylic acids is 1. The average molecular weight is 619 g/mol. The summed E-state index contributed by atoms with van der Waals surface area (Å²) in [6.07, 6.45) is 7.39. The summed E-state index contributed by atoms with van der Waals surface area (Å²) in [4.78, 5) is 26.5. The average Bonchev–Trinajstić information content (AvgIpc) is 2.95. The van der Waals surface area contributed by atoms with Crippen LogP contribution in [0.15, 0.2) is 67.0 Å². The quantitative estimate of drug-likeness (QED) is 0.144. The van der Waals surface area contributed by atoms with Crippen molar-refractivity contribution in [1.29, 1.82) is 5.41 Å². The van der Waals surface area contributed by atoms with Crippen LogP contribution in [0.2, 0.25) is 0 Å². The molecule has 0 unspecified atom stereocenters. The Balaban J connectivity index is 0.00000196. The third kappa shape index (κ3) is 8.19. The van der Waals surface area contributed by atoms with Gasteiger partial charge in [0, 0.05) is 41.1 Å². The lowest BCUT2D eigenvalue weighted by molar-refractivity contribution is 0.101. The predicted molar refractivity (Wildman–Crippen MR) is 171 cm³/mol. The number of anilines is 2. The van der Waals surface area contributed by atoms with Crippen molar-refractivity contribution in [1.82, 2.24) is 20.3 Å². The van der Waals surface area contributed by atoms with Gasteiger partial charge in [-0.15, -0.1) is 37.2 Å². The maximum atomic E-state index is 13.1. The molecular weight excluding hydrogens is 585 g/mol. The third-order valence-electron chi connectivity index (χ3n) is 6.79. The van der Waals surface area contributed by atoms with Gasteiger partial charge in [-0.25, -0.2) is 9.97 Å². The Morgan fingerprint density at radius 1 is 0.927 bits per heavy atom. The summed E-state index contributed by atoms with van der Waals surface area (Å²) in [6, 6.07) is 16.8. The highest BCUT2D eigenvalue weighted by atomic mass is 35.5. The molecule has 1 fully saturated rings. The van der Waals surface area contributed by atoms with E-state index in [1.54, 1.807) is 43.8 Å². The number of hydrogen-bond acceptors (Lipinski definition) is 7. The maximum Gasteiger partial charge on any atom is 0.293 e. The Hall–Kier alpha value is -3.66. The van der Waals surface area contributed by atoms with Crippen molar-refractivity contribution in [2.75, 3.05) is 17.7 Å². The lowest BCUT2D eigenvalue weighted by atomic mass is 9.90. The summed E-state index contributed by atoms with van der Waals surface area (Å²) < 4.78 is 5.20. The van der Waals surface area contributed by atoms with Crippen LogP contribution in [-0.4, -0.2) is 45.9 Å². The number of aromatic nitrogens is 3. The molecule has 1 amide bonds. The second kappa shape index (κ2) is 15.4. The smallest absolute Gasteiger partial charge is 0.293 e. The van der Waals surface area contributed by atoms with Crippen LogP contribution in [0.3, 0.4) is 0 Å². The molecule has 0 radical (unpaired) electrons. The fraction of sp³-hybridized carbons (Fsp3) is 0.276. The second-order valence-electron chi connectivity index (χ2n) is 9.50. The zero-order chi connectivity index (χ0) is 26.5. The fourth-order valence-corrected chi connectivity index (χ4v) is 4.75.